The molecule has 0 fully saturated rings. The van der Waals surface area contributed by atoms with Gasteiger partial charge in [0.15, 0.2) is 0 Å². The minimum Gasteiger partial charge on any atom is -0.308 e. The molecular formula is C15H16BrN3O. The third kappa shape index (κ3) is 1.97. The molecule has 0 saturated carbocycles. The topological polar surface area (TPSA) is 38.1 Å². The largest absolute Gasteiger partial charge is 0.308 e. The molecule has 4 nitrogen and oxygen atoms in total. The lowest BCUT2D eigenvalue weighted by Gasteiger charge is -2.17. The van der Waals surface area contributed by atoms with Gasteiger partial charge in [-0.1, -0.05) is 15.9 Å². The van der Waals surface area contributed by atoms with Crippen LogP contribution in [0.15, 0.2) is 22.7 Å². The Balaban J connectivity index is 2.02. The van der Waals surface area contributed by atoms with Crippen LogP contribution in [0, 0.1) is 13.8 Å². The van der Waals surface area contributed by atoms with Crippen molar-refractivity contribution in [3.05, 3.63) is 45.2 Å². The van der Waals surface area contributed by atoms with E-state index in [4.69, 9.17) is 0 Å². The number of hydrogen-bond donors (Lipinski definition) is 0. The second-order valence-electron chi connectivity index (χ2n) is 5.15. The lowest BCUT2D eigenvalue weighted by molar-refractivity contribution is 0.0988. The number of aromatic nitrogens is 2. The van der Waals surface area contributed by atoms with Crippen LogP contribution in [-0.4, -0.2) is 22.2 Å². The summed E-state index contributed by atoms with van der Waals surface area (Å²) in [5.41, 5.74) is 4.66. The molecule has 3 rings (SSSR count). The number of aryl methyl sites for hydroxylation is 2. The van der Waals surface area contributed by atoms with Crippen LogP contribution in [-0.2, 0) is 13.5 Å². The summed E-state index contributed by atoms with van der Waals surface area (Å²) < 4.78 is 2.82. The Bertz CT molecular complexity index is 705. The Labute approximate surface area is 126 Å². The zero-order chi connectivity index (χ0) is 14.4. The van der Waals surface area contributed by atoms with E-state index in [9.17, 15) is 4.79 Å². The van der Waals surface area contributed by atoms with E-state index in [0.29, 0.717) is 0 Å². The Hall–Kier alpha value is -1.62. The fraction of sp³-hybridized carbons (Fsp3) is 0.333. The third-order valence-corrected chi connectivity index (χ3v) is 4.40. The van der Waals surface area contributed by atoms with Gasteiger partial charge in [-0.2, -0.15) is 5.10 Å². The van der Waals surface area contributed by atoms with Gasteiger partial charge in [-0.15, -0.1) is 0 Å². The quantitative estimate of drug-likeness (QED) is 0.804. The number of carbonyl (C=O) groups excluding carboxylic acids is 1. The SMILES string of the molecule is Cc1nn(C)c(C)c1C(=O)N1CCc2cc(Br)ccc21. The van der Waals surface area contributed by atoms with Crippen molar-refractivity contribution in [3.8, 4) is 0 Å². The van der Waals surface area contributed by atoms with Gasteiger partial charge in [0, 0.05) is 29.4 Å². The molecule has 1 aromatic carbocycles. The normalized spacial score (nSPS) is 13.7. The van der Waals surface area contributed by atoms with Gasteiger partial charge in [0.1, 0.15) is 0 Å². The van der Waals surface area contributed by atoms with Crippen LogP contribution in [0.1, 0.15) is 27.3 Å². The number of rotatable bonds is 1. The number of benzene rings is 1. The lowest BCUT2D eigenvalue weighted by Crippen LogP contribution is -2.29. The molecule has 0 radical (unpaired) electrons. The highest BCUT2D eigenvalue weighted by molar-refractivity contribution is 9.10. The third-order valence-electron chi connectivity index (χ3n) is 3.91. The Morgan fingerprint density at radius 1 is 1.35 bits per heavy atom. The van der Waals surface area contributed by atoms with Gasteiger partial charge in [0.25, 0.3) is 5.91 Å². The molecule has 104 valence electrons. The molecule has 0 bridgehead atoms. The van der Waals surface area contributed by atoms with Crippen LogP contribution in [0.5, 0.6) is 0 Å². The summed E-state index contributed by atoms with van der Waals surface area (Å²) in [7, 11) is 1.87. The van der Waals surface area contributed by atoms with Gasteiger partial charge in [-0.25, -0.2) is 0 Å². The molecule has 1 aromatic heterocycles. The molecule has 0 aliphatic carbocycles. The number of anilines is 1. The van der Waals surface area contributed by atoms with E-state index in [0.717, 1.165) is 40.1 Å². The van der Waals surface area contributed by atoms with Crippen LogP contribution >= 0.6 is 15.9 Å². The summed E-state index contributed by atoms with van der Waals surface area (Å²) in [5, 5.41) is 4.33. The number of fused-ring (bicyclic) bond motifs is 1. The van der Waals surface area contributed by atoms with Crippen LogP contribution in [0.4, 0.5) is 5.69 Å². The molecule has 0 saturated heterocycles. The van der Waals surface area contributed by atoms with Crippen molar-refractivity contribution in [1.29, 1.82) is 0 Å². The summed E-state index contributed by atoms with van der Waals surface area (Å²) in [4.78, 5) is 14.7. The summed E-state index contributed by atoms with van der Waals surface area (Å²) in [6.07, 6.45) is 0.902. The van der Waals surface area contributed by atoms with Gasteiger partial charge in [0.05, 0.1) is 11.3 Å². The van der Waals surface area contributed by atoms with Crippen LogP contribution in [0.2, 0.25) is 0 Å². The Kier molecular flexibility index (Phi) is 3.17. The zero-order valence-corrected chi connectivity index (χ0v) is 13.4. The zero-order valence-electron chi connectivity index (χ0n) is 11.8. The van der Waals surface area contributed by atoms with Gasteiger partial charge in [-0.3, -0.25) is 9.48 Å². The molecule has 0 spiro atoms. The average molecular weight is 334 g/mol. The van der Waals surface area contributed by atoms with Crippen molar-refractivity contribution in [2.75, 3.05) is 11.4 Å². The maximum absolute atomic E-state index is 12.8. The highest BCUT2D eigenvalue weighted by Gasteiger charge is 2.29. The minimum atomic E-state index is 0.0502. The van der Waals surface area contributed by atoms with Gasteiger partial charge >= 0.3 is 0 Å². The molecule has 20 heavy (non-hydrogen) atoms. The molecular weight excluding hydrogens is 318 g/mol. The number of hydrogen-bond acceptors (Lipinski definition) is 2. The number of carbonyl (C=O) groups is 1. The molecule has 0 atom stereocenters. The molecule has 2 heterocycles. The van der Waals surface area contributed by atoms with E-state index in [1.54, 1.807) is 4.68 Å². The van der Waals surface area contributed by atoms with Crippen molar-refractivity contribution in [2.45, 2.75) is 20.3 Å². The Morgan fingerprint density at radius 3 is 2.75 bits per heavy atom. The predicted molar refractivity (Wildman–Crippen MR) is 82.2 cm³/mol. The fourth-order valence-electron chi connectivity index (χ4n) is 2.80. The predicted octanol–water partition coefficient (Wildman–Crippen LogP) is 3.00. The van der Waals surface area contributed by atoms with Crippen molar-refractivity contribution < 1.29 is 4.79 Å². The summed E-state index contributed by atoms with van der Waals surface area (Å²) in [6.45, 7) is 4.56. The standard InChI is InChI=1S/C15H16BrN3O/c1-9-14(10(2)18(3)17-9)15(20)19-7-6-11-8-12(16)4-5-13(11)19/h4-5,8H,6-7H2,1-3H3. The molecule has 1 aliphatic heterocycles. The highest BCUT2D eigenvalue weighted by atomic mass is 79.9. The first-order valence-electron chi connectivity index (χ1n) is 6.59. The highest BCUT2D eigenvalue weighted by Crippen LogP contribution is 2.32. The minimum absolute atomic E-state index is 0.0502. The van der Waals surface area contributed by atoms with Gasteiger partial charge < -0.3 is 4.90 Å². The van der Waals surface area contributed by atoms with Crippen molar-refractivity contribution in [3.63, 3.8) is 0 Å². The van der Waals surface area contributed by atoms with Crippen molar-refractivity contribution in [2.24, 2.45) is 7.05 Å². The molecule has 0 N–H and O–H groups in total. The van der Waals surface area contributed by atoms with E-state index in [1.807, 2.05) is 37.9 Å². The molecule has 1 aliphatic rings. The van der Waals surface area contributed by atoms with Crippen LogP contribution in [0.25, 0.3) is 0 Å². The monoisotopic (exact) mass is 333 g/mol. The summed E-state index contributed by atoms with van der Waals surface area (Å²) in [5.74, 6) is 0.0502. The number of nitrogens with zero attached hydrogens (tertiary/aromatic N) is 3. The van der Waals surface area contributed by atoms with Crippen LogP contribution in [0.3, 0.4) is 0 Å². The number of amides is 1. The van der Waals surface area contributed by atoms with E-state index in [-0.39, 0.29) is 5.91 Å². The molecule has 2 aromatic rings. The van der Waals surface area contributed by atoms with Crippen LogP contribution < -0.4 is 4.90 Å². The van der Waals surface area contributed by atoms with E-state index in [2.05, 4.69) is 27.1 Å². The smallest absolute Gasteiger partial charge is 0.262 e. The lowest BCUT2D eigenvalue weighted by atomic mass is 10.1. The first kappa shape index (κ1) is 13.4. The van der Waals surface area contributed by atoms with E-state index < -0.39 is 0 Å². The maximum Gasteiger partial charge on any atom is 0.262 e. The van der Waals surface area contributed by atoms with E-state index >= 15 is 0 Å². The molecule has 5 heteroatoms. The molecule has 0 unspecified atom stereocenters. The second-order valence-corrected chi connectivity index (χ2v) is 6.06. The van der Waals surface area contributed by atoms with Crippen molar-refractivity contribution in [1.82, 2.24) is 9.78 Å². The molecule has 1 amide bonds. The van der Waals surface area contributed by atoms with Gasteiger partial charge in [0.2, 0.25) is 0 Å². The Morgan fingerprint density at radius 2 is 2.10 bits per heavy atom. The van der Waals surface area contributed by atoms with Crippen molar-refractivity contribution >= 4 is 27.5 Å². The maximum atomic E-state index is 12.8. The number of halogens is 1. The first-order valence-corrected chi connectivity index (χ1v) is 7.39. The first-order chi connectivity index (χ1) is 9.49. The second kappa shape index (κ2) is 4.74. The average Bonchev–Trinajstić information content (AvgIpc) is 2.91. The van der Waals surface area contributed by atoms with E-state index in [1.165, 1.54) is 5.56 Å². The fourth-order valence-corrected chi connectivity index (χ4v) is 3.21. The van der Waals surface area contributed by atoms with Gasteiger partial charge in [-0.05, 0) is 44.0 Å². The summed E-state index contributed by atoms with van der Waals surface area (Å²) >= 11 is 3.48. The summed E-state index contributed by atoms with van der Waals surface area (Å²) in [6, 6.07) is 6.07.